The molecule has 0 saturated heterocycles. The van der Waals surface area contributed by atoms with Gasteiger partial charge in [0.2, 0.25) is 0 Å². The number of benzene rings is 4. The summed E-state index contributed by atoms with van der Waals surface area (Å²) in [4.78, 5) is 17.8. The van der Waals surface area contributed by atoms with E-state index in [1.54, 1.807) is 0 Å². The molecule has 4 nitrogen and oxygen atoms in total. The molecule has 4 aromatic carbocycles. The third-order valence-corrected chi connectivity index (χ3v) is 6.80. The minimum absolute atomic E-state index is 0.846. The van der Waals surface area contributed by atoms with Crippen molar-refractivity contribution in [3.63, 3.8) is 0 Å². The van der Waals surface area contributed by atoms with E-state index in [-0.39, 0.29) is 0 Å². The number of aromatic nitrogens is 2. The number of H-pyrrole nitrogens is 1. The first kappa shape index (κ1) is 19.2. The second-order valence-corrected chi connectivity index (χ2v) is 9.12. The van der Waals surface area contributed by atoms with E-state index in [0.29, 0.717) is 0 Å². The maximum atomic E-state index is 5.00. The fourth-order valence-electron chi connectivity index (χ4n) is 4.85. The van der Waals surface area contributed by atoms with Crippen LogP contribution in [-0.4, -0.2) is 21.9 Å². The highest BCUT2D eigenvalue weighted by molar-refractivity contribution is 6.08. The molecule has 0 spiro atoms. The Kier molecular flexibility index (Phi) is 4.15. The molecular weight excluding hydrogens is 416 g/mol. The number of nitrogens with one attached hydrogen (secondary N) is 1. The molecule has 0 saturated carbocycles. The minimum Gasteiger partial charge on any atom is -0.338 e. The molecule has 0 amide bonds. The molecule has 0 radical (unpaired) electrons. The molecule has 4 heteroatoms. The van der Waals surface area contributed by atoms with Gasteiger partial charge in [0, 0.05) is 24.6 Å². The summed E-state index contributed by atoms with van der Waals surface area (Å²) in [6.07, 6.45) is 3.72. The zero-order valence-electron chi connectivity index (χ0n) is 18.8. The first-order chi connectivity index (χ1) is 16.7. The molecule has 2 aliphatic rings. The summed E-state index contributed by atoms with van der Waals surface area (Å²) in [6, 6.07) is 28.0. The van der Waals surface area contributed by atoms with E-state index in [1.165, 1.54) is 27.8 Å². The van der Waals surface area contributed by atoms with Crippen LogP contribution >= 0.6 is 0 Å². The van der Waals surface area contributed by atoms with Crippen molar-refractivity contribution in [2.75, 3.05) is 0 Å². The Morgan fingerprint density at radius 3 is 2.38 bits per heavy atom. The number of fused-ring (bicyclic) bond motifs is 3. The molecule has 34 heavy (non-hydrogen) atoms. The first-order valence-electron chi connectivity index (χ1n) is 11.6. The van der Waals surface area contributed by atoms with Crippen LogP contribution < -0.4 is 0 Å². The van der Waals surface area contributed by atoms with Gasteiger partial charge in [0.1, 0.15) is 5.82 Å². The Labute approximate surface area is 197 Å². The molecule has 0 unspecified atom stereocenters. The Morgan fingerprint density at radius 1 is 0.706 bits per heavy atom. The summed E-state index contributed by atoms with van der Waals surface area (Å²) in [5.74, 6) is 0.872. The van der Waals surface area contributed by atoms with Crippen molar-refractivity contribution in [3.8, 4) is 22.5 Å². The molecule has 2 aliphatic heterocycles. The van der Waals surface area contributed by atoms with Crippen LogP contribution in [0.2, 0.25) is 0 Å². The molecule has 0 aliphatic carbocycles. The molecule has 3 heterocycles. The predicted octanol–water partition coefficient (Wildman–Crippen LogP) is 7.14. The van der Waals surface area contributed by atoms with Crippen LogP contribution in [-0.2, 0) is 12.8 Å². The van der Waals surface area contributed by atoms with Crippen molar-refractivity contribution < 1.29 is 0 Å². The number of rotatable bonds is 3. The third-order valence-electron chi connectivity index (χ3n) is 6.80. The van der Waals surface area contributed by atoms with E-state index >= 15 is 0 Å². The van der Waals surface area contributed by atoms with Crippen LogP contribution in [0.4, 0.5) is 11.4 Å². The van der Waals surface area contributed by atoms with Gasteiger partial charge in [-0.1, -0.05) is 60.2 Å². The first-order valence-corrected chi connectivity index (χ1v) is 11.6. The predicted molar refractivity (Wildman–Crippen MR) is 140 cm³/mol. The average molecular weight is 439 g/mol. The topological polar surface area (TPSA) is 53.4 Å². The van der Waals surface area contributed by atoms with Gasteiger partial charge in [-0.3, -0.25) is 9.98 Å². The van der Waals surface area contributed by atoms with Gasteiger partial charge >= 0.3 is 0 Å². The molecule has 1 aromatic heterocycles. The average Bonchev–Trinajstić information content (AvgIpc) is 3.60. The van der Waals surface area contributed by atoms with Crippen molar-refractivity contribution in [2.45, 2.75) is 19.8 Å². The quantitative estimate of drug-likeness (QED) is 0.320. The second-order valence-electron chi connectivity index (χ2n) is 9.12. The van der Waals surface area contributed by atoms with E-state index in [2.05, 4.69) is 95.8 Å². The normalized spacial score (nSPS) is 13.9. The van der Waals surface area contributed by atoms with E-state index in [1.807, 2.05) is 6.21 Å². The van der Waals surface area contributed by atoms with E-state index in [0.717, 1.165) is 57.9 Å². The summed E-state index contributed by atoms with van der Waals surface area (Å²) < 4.78 is 0. The fraction of sp³-hybridized carbons (Fsp3) is 0.100. The van der Waals surface area contributed by atoms with Gasteiger partial charge in [-0.15, -0.1) is 0 Å². The summed E-state index contributed by atoms with van der Waals surface area (Å²) in [7, 11) is 0. The van der Waals surface area contributed by atoms with Gasteiger partial charge in [-0.2, -0.15) is 0 Å². The highest BCUT2D eigenvalue weighted by Crippen LogP contribution is 2.34. The number of hydrogen-bond donors (Lipinski definition) is 1. The third kappa shape index (κ3) is 3.19. The Balaban J connectivity index is 1.21. The molecule has 1 N–H and O–H groups in total. The zero-order valence-corrected chi connectivity index (χ0v) is 18.8. The van der Waals surface area contributed by atoms with Crippen molar-refractivity contribution >= 4 is 34.3 Å². The van der Waals surface area contributed by atoms with Gasteiger partial charge in [0.15, 0.2) is 0 Å². The Morgan fingerprint density at radius 2 is 1.47 bits per heavy atom. The van der Waals surface area contributed by atoms with Crippen LogP contribution in [0, 0.1) is 6.92 Å². The van der Waals surface area contributed by atoms with Crippen LogP contribution in [0.15, 0.2) is 88.8 Å². The zero-order chi connectivity index (χ0) is 22.6. The molecule has 162 valence electrons. The second kappa shape index (κ2) is 7.35. The Hall–Kier alpha value is -4.31. The largest absolute Gasteiger partial charge is 0.338 e. The lowest BCUT2D eigenvalue weighted by Gasteiger charge is -2.04. The summed E-state index contributed by atoms with van der Waals surface area (Å²) >= 11 is 0. The number of hydrogen-bond acceptors (Lipinski definition) is 3. The summed E-state index contributed by atoms with van der Waals surface area (Å²) in [6.45, 7) is 2.11. The fourth-order valence-corrected chi connectivity index (χ4v) is 4.85. The van der Waals surface area contributed by atoms with E-state index < -0.39 is 0 Å². The number of imidazole rings is 1. The monoisotopic (exact) mass is 438 g/mol. The maximum Gasteiger partial charge on any atom is 0.138 e. The molecule has 0 bridgehead atoms. The number of nitrogens with zero attached hydrogens (tertiary/aromatic N) is 3. The van der Waals surface area contributed by atoms with Gasteiger partial charge in [-0.25, -0.2) is 4.98 Å². The molecule has 0 fully saturated rings. The molecule has 0 atom stereocenters. The van der Waals surface area contributed by atoms with E-state index in [4.69, 9.17) is 9.98 Å². The highest BCUT2D eigenvalue weighted by atomic mass is 14.9. The lowest BCUT2D eigenvalue weighted by molar-refractivity contribution is 1.32. The standard InChI is InChI=1S/C30H22N4/c1-18-2-4-19(5-3-18)21-7-8-22-15-28(32-27(22)14-21)23-10-11-25-29(16-23)34-30(33-25)24-9-6-20-12-13-31-26(20)17-24/h2-11,13-14,16-17H,12,15H2,1H3,(H,33,34). The maximum absolute atomic E-state index is 5.00. The highest BCUT2D eigenvalue weighted by Gasteiger charge is 2.18. The number of aromatic amines is 1. The van der Waals surface area contributed by atoms with Crippen molar-refractivity contribution in [3.05, 3.63) is 101 Å². The van der Waals surface area contributed by atoms with Crippen LogP contribution in [0.25, 0.3) is 33.5 Å². The van der Waals surface area contributed by atoms with Crippen LogP contribution in [0.3, 0.4) is 0 Å². The van der Waals surface area contributed by atoms with E-state index in [9.17, 15) is 0 Å². The van der Waals surface area contributed by atoms with Gasteiger partial charge in [-0.05, 0) is 59.0 Å². The lowest BCUT2D eigenvalue weighted by Crippen LogP contribution is -1.99. The van der Waals surface area contributed by atoms with Crippen LogP contribution in [0.5, 0.6) is 0 Å². The van der Waals surface area contributed by atoms with Crippen molar-refractivity contribution in [1.82, 2.24) is 9.97 Å². The summed E-state index contributed by atoms with van der Waals surface area (Å²) in [5, 5.41) is 0. The summed E-state index contributed by atoms with van der Waals surface area (Å²) in [5.41, 5.74) is 13.6. The molecular formula is C30H22N4. The minimum atomic E-state index is 0.846. The Bertz CT molecular complexity index is 1650. The van der Waals surface area contributed by atoms with Gasteiger partial charge < -0.3 is 4.98 Å². The van der Waals surface area contributed by atoms with Crippen LogP contribution in [0.1, 0.15) is 22.3 Å². The lowest BCUT2D eigenvalue weighted by atomic mass is 9.99. The number of aliphatic imine (C=N–C) groups is 2. The molecule has 5 aromatic rings. The van der Waals surface area contributed by atoms with Gasteiger partial charge in [0.25, 0.3) is 0 Å². The van der Waals surface area contributed by atoms with Crippen molar-refractivity contribution in [2.24, 2.45) is 9.98 Å². The number of aryl methyl sites for hydroxylation is 1. The molecule has 7 rings (SSSR count). The van der Waals surface area contributed by atoms with Gasteiger partial charge in [0.05, 0.1) is 28.1 Å². The smallest absolute Gasteiger partial charge is 0.138 e. The SMILES string of the molecule is Cc1ccc(-c2ccc3c(c2)N=C(c2ccc4nc(-c5ccc6c(c5)N=CC6)[nH]c4c2)C3)cc1. The van der Waals surface area contributed by atoms with Crippen molar-refractivity contribution in [1.29, 1.82) is 0 Å².